The van der Waals surface area contributed by atoms with Crippen molar-refractivity contribution in [3.05, 3.63) is 71.3 Å². The van der Waals surface area contributed by atoms with Gasteiger partial charge in [-0.25, -0.2) is 4.79 Å². The molecule has 0 aliphatic carbocycles. The average molecular weight is 310 g/mol. The molecule has 23 heavy (non-hydrogen) atoms. The molecule has 0 unspecified atom stereocenters. The van der Waals surface area contributed by atoms with Gasteiger partial charge < -0.3 is 4.74 Å². The lowest BCUT2D eigenvalue weighted by Crippen LogP contribution is -2.34. The second kappa shape index (κ2) is 6.78. The number of rotatable bonds is 5. The van der Waals surface area contributed by atoms with Gasteiger partial charge in [-0.1, -0.05) is 62.4 Å². The van der Waals surface area contributed by atoms with E-state index in [0.29, 0.717) is 16.7 Å². The minimum Gasteiger partial charge on any atom is -0.456 e. The van der Waals surface area contributed by atoms with E-state index in [1.165, 1.54) is 0 Å². The van der Waals surface area contributed by atoms with E-state index in [2.05, 4.69) is 0 Å². The molecule has 0 fully saturated rings. The van der Waals surface area contributed by atoms with Gasteiger partial charge in [0, 0.05) is 11.1 Å². The quantitative estimate of drug-likeness (QED) is 0.603. The second-order valence-corrected chi connectivity index (χ2v) is 6.39. The molecule has 120 valence electrons. The molecule has 0 amide bonds. The first kappa shape index (κ1) is 16.9. The Morgan fingerprint density at radius 3 is 1.96 bits per heavy atom. The Morgan fingerprint density at radius 1 is 0.870 bits per heavy atom. The summed E-state index contributed by atoms with van der Waals surface area (Å²) in [5.74, 6) is -0.479. The summed E-state index contributed by atoms with van der Waals surface area (Å²) in [6.07, 6.45) is 0. The molecule has 2 aromatic rings. The highest BCUT2D eigenvalue weighted by Crippen LogP contribution is 2.24. The zero-order valence-corrected chi connectivity index (χ0v) is 14.0. The van der Waals surface area contributed by atoms with Gasteiger partial charge >= 0.3 is 5.97 Å². The van der Waals surface area contributed by atoms with Gasteiger partial charge in [0.2, 0.25) is 0 Å². The van der Waals surface area contributed by atoms with Crippen molar-refractivity contribution in [3.63, 3.8) is 0 Å². The Balaban J connectivity index is 2.35. The number of ketones is 1. The first-order chi connectivity index (χ1) is 10.8. The molecule has 0 aromatic heterocycles. The van der Waals surface area contributed by atoms with E-state index in [0.717, 1.165) is 0 Å². The van der Waals surface area contributed by atoms with E-state index in [1.807, 2.05) is 33.8 Å². The molecule has 2 rings (SSSR count). The van der Waals surface area contributed by atoms with Crippen LogP contribution in [0.2, 0.25) is 0 Å². The maximum absolute atomic E-state index is 12.7. The van der Waals surface area contributed by atoms with Crippen molar-refractivity contribution in [1.29, 1.82) is 0 Å². The highest BCUT2D eigenvalue weighted by atomic mass is 16.6. The molecule has 2 aromatic carbocycles. The van der Waals surface area contributed by atoms with Crippen LogP contribution < -0.4 is 0 Å². The lowest BCUT2D eigenvalue weighted by Gasteiger charge is -2.29. The summed E-state index contributed by atoms with van der Waals surface area (Å²) < 4.78 is 5.62. The monoisotopic (exact) mass is 310 g/mol. The van der Waals surface area contributed by atoms with Crippen molar-refractivity contribution in [2.45, 2.75) is 33.3 Å². The number of hydrogen-bond acceptors (Lipinski definition) is 3. The van der Waals surface area contributed by atoms with E-state index in [-0.39, 0.29) is 11.7 Å². The molecule has 3 nitrogen and oxygen atoms in total. The van der Waals surface area contributed by atoms with Crippen molar-refractivity contribution in [2.75, 3.05) is 0 Å². The Labute approximate surface area is 137 Å². The Morgan fingerprint density at radius 2 is 1.39 bits per heavy atom. The maximum Gasteiger partial charge on any atom is 0.339 e. The smallest absolute Gasteiger partial charge is 0.339 e. The van der Waals surface area contributed by atoms with Crippen LogP contribution in [0.1, 0.15) is 54.0 Å². The summed E-state index contributed by atoms with van der Waals surface area (Å²) in [6.45, 7) is 7.73. The minimum atomic E-state index is -0.597. The van der Waals surface area contributed by atoms with E-state index in [9.17, 15) is 9.59 Å². The third kappa shape index (κ3) is 3.86. The van der Waals surface area contributed by atoms with Crippen LogP contribution in [0, 0.1) is 5.92 Å². The number of benzene rings is 2. The molecule has 0 aliphatic rings. The SMILES string of the molecule is CC(C)C(C)(C)OC(=O)c1ccccc1C(=O)c1ccccc1. The third-order valence-corrected chi connectivity index (χ3v) is 4.17. The first-order valence-electron chi connectivity index (χ1n) is 7.75. The molecule has 0 radical (unpaired) electrons. The van der Waals surface area contributed by atoms with Gasteiger partial charge in [-0.3, -0.25) is 4.79 Å². The molecule has 0 saturated carbocycles. The predicted molar refractivity (Wildman–Crippen MR) is 90.6 cm³/mol. The predicted octanol–water partition coefficient (Wildman–Crippen LogP) is 4.51. The second-order valence-electron chi connectivity index (χ2n) is 6.39. The van der Waals surface area contributed by atoms with E-state index in [1.54, 1.807) is 48.5 Å². The molecule has 0 atom stereocenters. The van der Waals surface area contributed by atoms with Crippen LogP contribution in [0.15, 0.2) is 54.6 Å². The average Bonchev–Trinajstić information content (AvgIpc) is 2.54. The minimum absolute atomic E-state index is 0.170. The lowest BCUT2D eigenvalue weighted by molar-refractivity contribution is -0.0223. The zero-order chi connectivity index (χ0) is 17.0. The fourth-order valence-electron chi connectivity index (χ4n) is 2.02. The summed E-state index contributed by atoms with van der Waals surface area (Å²) in [5.41, 5.74) is 0.620. The van der Waals surface area contributed by atoms with Crippen LogP contribution >= 0.6 is 0 Å². The van der Waals surface area contributed by atoms with Gasteiger partial charge in [-0.15, -0.1) is 0 Å². The van der Waals surface area contributed by atoms with Gasteiger partial charge in [0.05, 0.1) is 5.56 Å². The van der Waals surface area contributed by atoms with Crippen LogP contribution in [-0.2, 0) is 4.74 Å². The highest BCUT2D eigenvalue weighted by Gasteiger charge is 2.29. The normalized spacial score (nSPS) is 11.3. The molecule has 0 spiro atoms. The topological polar surface area (TPSA) is 43.4 Å². The summed E-state index contributed by atoms with van der Waals surface area (Å²) >= 11 is 0. The Hall–Kier alpha value is -2.42. The molecule has 3 heteroatoms. The van der Waals surface area contributed by atoms with Crippen molar-refractivity contribution in [3.8, 4) is 0 Å². The van der Waals surface area contributed by atoms with Crippen LogP contribution in [0.5, 0.6) is 0 Å². The Kier molecular flexibility index (Phi) is 4.99. The molecule has 0 saturated heterocycles. The van der Waals surface area contributed by atoms with Crippen molar-refractivity contribution in [2.24, 2.45) is 5.92 Å². The summed E-state index contributed by atoms with van der Waals surface area (Å²) in [6, 6.07) is 15.7. The first-order valence-corrected chi connectivity index (χ1v) is 7.75. The van der Waals surface area contributed by atoms with Crippen molar-refractivity contribution < 1.29 is 14.3 Å². The third-order valence-electron chi connectivity index (χ3n) is 4.17. The van der Waals surface area contributed by atoms with Crippen LogP contribution in [0.3, 0.4) is 0 Å². The summed E-state index contributed by atoms with van der Waals surface area (Å²) in [5, 5.41) is 0. The van der Waals surface area contributed by atoms with Gasteiger partial charge in [-0.2, -0.15) is 0 Å². The van der Waals surface area contributed by atoms with Gasteiger partial charge in [0.1, 0.15) is 5.60 Å². The fourth-order valence-corrected chi connectivity index (χ4v) is 2.02. The summed E-state index contributed by atoms with van der Waals surface area (Å²) in [4.78, 5) is 25.2. The largest absolute Gasteiger partial charge is 0.456 e. The molecular weight excluding hydrogens is 288 g/mol. The van der Waals surface area contributed by atoms with Gasteiger partial charge in [0.15, 0.2) is 5.78 Å². The number of carbonyl (C=O) groups excluding carboxylic acids is 2. The number of ether oxygens (including phenoxy) is 1. The lowest BCUT2D eigenvalue weighted by atomic mass is 9.94. The standard InChI is InChI=1S/C20H22O3/c1-14(2)20(3,4)23-19(22)17-13-9-8-12-16(17)18(21)15-10-6-5-7-11-15/h5-14H,1-4H3. The maximum atomic E-state index is 12.7. The van der Waals surface area contributed by atoms with E-state index < -0.39 is 11.6 Å². The zero-order valence-electron chi connectivity index (χ0n) is 14.0. The number of hydrogen-bond donors (Lipinski definition) is 0. The van der Waals surface area contributed by atoms with Gasteiger partial charge in [-0.05, 0) is 25.8 Å². The fraction of sp³-hybridized carbons (Fsp3) is 0.300. The molecule has 0 bridgehead atoms. The van der Waals surface area contributed by atoms with Crippen LogP contribution in [0.25, 0.3) is 0 Å². The number of carbonyl (C=O) groups is 2. The van der Waals surface area contributed by atoms with Crippen LogP contribution in [-0.4, -0.2) is 17.4 Å². The highest BCUT2D eigenvalue weighted by molar-refractivity contribution is 6.14. The molecule has 0 heterocycles. The van der Waals surface area contributed by atoms with Crippen molar-refractivity contribution >= 4 is 11.8 Å². The number of esters is 1. The summed E-state index contributed by atoms with van der Waals surface area (Å²) in [7, 11) is 0. The van der Waals surface area contributed by atoms with E-state index in [4.69, 9.17) is 4.74 Å². The van der Waals surface area contributed by atoms with Gasteiger partial charge in [0.25, 0.3) is 0 Å². The molecular formula is C20H22O3. The molecule has 0 N–H and O–H groups in total. The van der Waals surface area contributed by atoms with Crippen LogP contribution in [0.4, 0.5) is 0 Å². The molecule has 0 aliphatic heterocycles. The van der Waals surface area contributed by atoms with Crippen molar-refractivity contribution in [1.82, 2.24) is 0 Å². The van der Waals surface area contributed by atoms with E-state index >= 15 is 0 Å². The Bertz CT molecular complexity index is 700.